The van der Waals surface area contributed by atoms with Crippen molar-refractivity contribution in [3.8, 4) is 10.7 Å². The summed E-state index contributed by atoms with van der Waals surface area (Å²) in [6.07, 6.45) is 3.19. The minimum Gasteiger partial charge on any atom is -0.379 e. The van der Waals surface area contributed by atoms with Gasteiger partial charge in [-0.3, -0.25) is 9.19 Å². The van der Waals surface area contributed by atoms with Crippen molar-refractivity contribution in [2.45, 2.75) is 11.4 Å². The van der Waals surface area contributed by atoms with Gasteiger partial charge < -0.3 is 5.32 Å². The minimum absolute atomic E-state index is 0.210. The fraction of sp³-hybridized carbons (Fsp3) is 0.125. The van der Waals surface area contributed by atoms with E-state index in [9.17, 15) is 8.60 Å². The molecule has 1 atom stereocenters. The van der Waals surface area contributed by atoms with E-state index >= 15 is 0 Å². The van der Waals surface area contributed by atoms with Crippen LogP contribution in [0.3, 0.4) is 0 Å². The lowest BCUT2D eigenvalue weighted by Crippen LogP contribution is -2.01. The Morgan fingerprint density at radius 1 is 1.30 bits per heavy atom. The van der Waals surface area contributed by atoms with Crippen molar-refractivity contribution >= 4 is 27.8 Å². The zero-order valence-electron chi connectivity index (χ0n) is 12.3. The second-order valence-corrected chi connectivity index (χ2v) is 7.02. The van der Waals surface area contributed by atoms with Crippen LogP contribution in [0.2, 0.25) is 0 Å². The van der Waals surface area contributed by atoms with Gasteiger partial charge in [0.25, 0.3) is 0 Å². The normalized spacial score (nSPS) is 12.1. The van der Waals surface area contributed by atoms with E-state index in [-0.39, 0.29) is 4.90 Å². The fourth-order valence-electron chi connectivity index (χ4n) is 2.03. The van der Waals surface area contributed by atoms with Crippen LogP contribution in [0.25, 0.3) is 10.7 Å². The molecule has 118 valence electrons. The van der Waals surface area contributed by atoms with Crippen molar-refractivity contribution in [3.05, 3.63) is 59.5 Å². The highest BCUT2D eigenvalue weighted by Crippen LogP contribution is 2.22. The van der Waals surface area contributed by atoms with Crippen LogP contribution >= 0.6 is 11.3 Å². The zero-order valence-corrected chi connectivity index (χ0v) is 14.0. The van der Waals surface area contributed by atoms with Crippen molar-refractivity contribution in [2.75, 3.05) is 11.6 Å². The lowest BCUT2D eigenvalue weighted by molar-refractivity contribution is 0.596. The van der Waals surface area contributed by atoms with Crippen molar-refractivity contribution in [2.24, 2.45) is 0 Å². The van der Waals surface area contributed by atoms with Crippen LogP contribution in [0.1, 0.15) is 5.69 Å². The standard InChI is InChI=1S/C16H14FN3OS2/c1-23(21)15-6-5-11(8-13(15)17)19-9-12-10-22-16(20-12)14-4-2-3-7-18-14/h2-8,10,19H,9H2,1H3. The van der Waals surface area contributed by atoms with Gasteiger partial charge in [-0.25, -0.2) is 9.37 Å². The van der Waals surface area contributed by atoms with E-state index in [1.165, 1.54) is 29.7 Å². The summed E-state index contributed by atoms with van der Waals surface area (Å²) in [7, 11) is -1.33. The second kappa shape index (κ2) is 6.97. The molecule has 0 radical (unpaired) electrons. The van der Waals surface area contributed by atoms with E-state index in [2.05, 4.69) is 15.3 Å². The molecule has 0 spiro atoms. The van der Waals surface area contributed by atoms with Crippen LogP contribution in [0.5, 0.6) is 0 Å². The molecule has 0 aliphatic carbocycles. The Morgan fingerprint density at radius 3 is 2.87 bits per heavy atom. The summed E-state index contributed by atoms with van der Waals surface area (Å²) >= 11 is 1.52. The first-order chi connectivity index (χ1) is 11.1. The maximum atomic E-state index is 13.8. The predicted molar refractivity (Wildman–Crippen MR) is 91.4 cm³/mol. The maximum Gasteiger partial charge on any atom is 0.142 e. The Hall–Kier alpha value is -2.12. The molecular weight excluding hydrogens is 333 g/mol. The summed E-state index contributed by atoms with van der Waals surface area (Å²) in [6, 6.07) is 10.3. The minimum atomic E-state index is -1.33. The first-order valence-corrected chi connectivity index (χ1v) is 9.30. The van der Waals surface area contributed by atoms with Gasteiger partial charge in [0.1, 0.15) is 10.8 Å². The van der Waals surface area contributed by atoms with Gasteiger partial charge in [0.05, 0.1) is 33.6 Å². The van der Waals surface area contributed by atoms with Crippen LogP contribution in [0, 0.1) is 5.82 Å². The number of nitrogens with zero attached hydrogens (tertiary/aromatic N) is 2. The SMILES string of the molecule is CS(=O)c1ccc(NCc2csc(-c3ccccn3)n2)cc1F. The molecule has 0 aliphatic heterocycles. The van der Waals surface area contributed by atoms with Crippen LogP contribution in [-0.4, -0.2) is 20.4 Å². The number of nitrogens with one attached hydrogen (secondary N) is 1. The van der Waals surface area contributed by atoms with Gasteiger partial charge >= 0.3 is 0 Å². The van der Waals surface area contributed by atoms with Gasteiger partial charge in [-0.15, -0.1) is 11.3 Å². The Kier molecular flexibility index (Phi) is 4.78. The molecule has 0 aliphatic rings. The van der Waals surface area contributed by atoms with E-state index in [4.69, 9.17) is 0 Å². The number of hydrogen-bond donors (Lipinski definition) is 1. The second-order valence-electron chi connectivity index (χ2n) is 4.81. The highest BCUT2D eigenvalue weighted by Gasteiger charge is 2.08. The van der Waals surface area contributed by atoms with E-state index < -0.39 is 16.6 Å². The summed E-state index contributed by atoms with van der Waals surface area (Å²) in [6.45, 7) is 0.483. The number of thiazole rings is 1. The molecule has 1 N–H and O–H groups in total. The molecule has 0 bridgehead atoms. The monoisotopic (exact) mass is 347 g/mol. The average Bonchev–Trinajstić information content (AvgIpc) is 3.02. The van der Waals surface area contributed by atoms with Crippen molar-refractivity contribution in [1.82, 2.24) is 9.97 Å². The first-order valence-electron chi connectivity index (χ1n) is 6.86. The van der Waals surface area contributed by atoms with E-state index in [0.29, 0.717) is 12.2 Å². The molecule has 4 nitrogen and oxygen atoms in total. The summed E-state index contributed by atoms with van der Waals surface area (Å²) in [4.78, 5) is 8.99. The molecule has 0 amide bonds. The largest absolute Gasteiger partial charge is 0.379 e. The molecule has 23 heavy (non-hydrogen) atoms. The van der Waals surface area contributed by atoms with Crippen molar-refractivity contribution in [1.29, 1.82) is 0 Å². The lowest BCUT2D eigenvalue weighted by Gasteiger charge is -2.06. The van der Waals surface area contributed by atoms with Gasteiger partial charge in [0.15, 0.2) is 0 Å². The number of hydrogen-bond acceptors (Lipinski definition) is 5. The summed E-state index contributed by atoms with van der Waals surface area (Å²) in [5.74, 6) is -0.469. The van der Waals surface area contributed by atoms with Crippen molar-refractivity contribution in [3.63, 3.8) is 0 Å². The van der Waals surface area contributed by atoms with Crippen LogP contribution in [-0.2, 0) is 17.3 Å². The fourth-order valence-corrected chi connectivity index (χ4v) is 3.42. The lowest BCUT2D eigenvalue weighted by atomic mass is 10.3. The molecular formula is C16H14FN3OS2. The molecule has 0 saturated carbocycles. The number of aromatic nitrogens is 2. The van der Waals surface area contributed by atoms with E-state index in [1.54, 1.807) is 12.3 Å². The molecule has 0 fully saturated rings. The van der Waals surface area contributed by atoms with E-state index in [1.807, 2.05) is 23.6 Å². The number of halogens is 1. The van der Waals surface area contributed by atoms with E-state index in [0.717, 1.165) is 16.4 Å². The zero-order chi connectivity index (χ0) is 16.2. The molecule has 0 saturated heterocycles. The Morgan fingerprint density at radius 2 is 2.17 bits per heavy atom. The first kappa shape index (κ1) is 15.8. The molecule has 3 rings (SSSR count). The average molecular weight is 347 g/mol. The van der Waals surface area contributed by atoms with Gasteiger partial charge in [-0.2, -0.15) is 0 Å². The number of rotatable bonds is 5. The van der Waals surface area contributed by atoms with Crippen LogP contribution in [0.4, 0.5) is 10.1 Å². The summed E-state index contributed by atoms with van der Waals surface area (Å²) in [5, 5.41) is 5.92. The van der Waals surface area contributed by atoms with Crippen molar-refractivity contribution < 1.29 is 8.60 Å². The number of benzene rings is 1. The van der Waals surface area contributed by atoms with Crippen LogP contribution < -0.4 is 5.32 Å². The van der Waals surface area contributed by atoms with Gasteiger partial charge in [0, 0.05) is 23.5 Å². The molecule has 1 unspecified atom stereocenters. The molecule has 3 aromatic rings. The third kappa shape index (κ3) is 3.80. The predicted octanol–water partition coefficient (Wildman–Crippen LogP) is 3.69. The highest BCUT2D eigenvalue weighted by molar-refractivity contribution is 7.84. The number of pyridine rings is 1. The van der Waals surface area contributed by atoms with Gasteiger partial charge in [0.2, 0.25) is 0 Å². The smallest absolute Gasteiger partial charge is 0.142 e. The Bertz CT molecular complexity index is 836. The van der Waals surface area contributed by atoms with Gasteiger partial charge in [-0.05, 0) is 30.3 Å². The maximum absolute atomic E-state index is 13.8. The number of anilines is 1. The topological polar surface area (TPSA) is 54.9 Å². The molecule has 7 heteroatoms. The summed E-state index contributed by atoms with van der Waals surface area (Å²) < 4.78 is 25.1. The van der Waals surface area contributed by atoms with Gasteiger partial charge in [-0.1, -0.05) is 6.07 Å². The highest BCUT2D eigenvalue weighted by atomic mass is 32.2. The molecule has 2 heterocycles. The quantitative estimate of drug-likeness (QED) is 0.765. The van der Waals surface area contributed by atoms with Crippen LogP contribution in [0.15, 0.2) is 52.9 Å². The Labute approximate surface area is 139 Å². The third-order valence-corrected chi connectivity index (χ3v) is 5.02. The summed E-state index contributed by atoms with van der Waals surface area (Å²) in [5.41, 5.74) is 2.33. The molecule has 2 aromatic heterocycles. The Balaban J connectivity index is 1.68. The third-order valence-electron chi connectivity index (χ3n) is 3.15. The molecule has 1 aromatic carbocycles.